The number of benzene rings is 1. The molecule has 112 valence electrons. The van der Waals surface area contributed by atoms with Crippen LogP contribution in [0.4, 0.5) is 0 Å². The maximum atomic E-state index is 11.5. The van der Waals surface area contributed by atoms with Gasteiger partial charge in [-0.05, 0) is 36.5 Å². The molecule has 0 amide bonds. The lowest BCUT2D eigenvalue weighted by molar-refractivity contribution is -0.141. The minimum absolute atomic E-state index is 0.429. The van der Waals surface area contributed by atoms with Crippen LogP contribution in [0.5, 0.6) is 5.75 Å². The summed E-state index contributed by atoms with van der Waals surface area (Å²) < 4.78 is 7.01. The van der Waals surface area contributed by atoms with E-state index >= 15 is 0 Å². The lowest BCUT2D eigenvalue weighted by Gasteiger charge is -2.14. The summed E-state index contributed by atoms with van der Waals surface area (Å²) in [6.07, 6.45) is 5.46. The highest BCUT2D eigenvalue weighted by Crippen LogP contribution is 2.23. The van der Waals surface area contributed by atoms with E-state index in [1.807, 2.05) is 37.5 Å². The fraction of sp³-hybridized carbons (Fsp3) is 0.375. The van der Waals surface area contributed by atoms with E-state index in [-0.39, 0.29) is 0 Å². The Morgan fingerprint density at radius 3 is 2.81 bits per heavy atom. The Labute approximate surface area is 124 Å². The van der Waals surface area contributed by atoms with E-state index in [1.165, 1.54) is 0 Å². The van der Waals surface area contributed by atoms with Crippen LogP contribution >= 0.6 is 0 Å². The molecular weight excluding hydrogens is 268 g/mol. The van der Waals surface area contributed by atoms with E-state index in [2.05, 4.69) is 5.10 Å². The summed E-state index contributed by atoms with van der Waals surface area (Å²) in [7, 11) is 3.46. The molecule has 1 atom stereocenters. The van der Waals surface area contributed by atoms with Crippen molar-refractivity contribution in [3.05, 3.63) is 47.8 Å². The molecule has 0 bridgehead atoms. The molecule has 2 rings (SSSR count). The summed E-state index contributed by atoms with van der Waals surface area (Å²) in [6.45, 7) is 0. The van der Waals surface area contributed by atoms with Crippen molar-refractivity contribution in [2.24, 2.45) is 13.0 Å². The highest BCUT2D eigenvalue weighted by atomic mass is 16.5. The molecular formula is C16H20N2O3. The summed E-state index contributed by atoms with van der Waals surface area (Å²) in [6, 6.07) is 7.56. The molecule has 1 unspecified atom stereocenters. The quantitative estimate of drug-likeness (QED) is 0.849. The van der Waals surface area contributed by atoms with Gasteiger partial charge in [0.15, 0.2) is 0 Å². The fourth-order valence-corrected chi connectivity index (χ4v) is 2.39. The normalized spacial score (nSPS) is 12.1. The van der Waals surface area contributed by atoms with Crippen LogP contribution in [0.15, 0.2) is 36.7 Å². The van der Waals surface area contributed by atoms with Gasteiger partial charge in [0, 0.05) is 13.2 Å². The average Bonchev–Trinajstić information content (AvgIpc) is 2.89. The molecule has 2 aromatic rings. The zero-order valence-electron chi connectivity index (χ0n) is 12.3. The van der Waals surface area contributed by atoms with E-state index in [0.717, 1.165) is 16.9 Å². The van der Waals surface area contributed by atoms with Gasteiger partial charge >= 0.3 is 5.97 Å². The molecule has 0 aliphatic rings. The number of hydrogen-bond acceptors (Lipinski definition) is 3. The van der Waals surface area contributed by atoms with Gasteiger partial charge in [-0.15, -0.1) is 0 Å². The summed E-state index contributed by atoms with van der Waals surface area (Å²) >= 11 is 0. The second kappa shape index (κ2) is 6.92. The van der Waals surface area contributed by atoms with Crippen molar-refractivity contribution in [2.75, 3.05) is 7.11 Å². The smallest absolute Gasteiger partial charge is 0.306 e. The van der Waals surface area contributed by atoms with Crippen molar-refractivity contribution in [1.82, 2.24) is 9.78 Å². The molecule has 21 heavy (non-hydrogen) atoms. The predicted octanol–water partition coefficient (Wildman–Crippen LogP) is 2.30. The zero-order valence-corrected chi connectivity index (χ0v) is 12.3. The summed E-state index contributed by atoms with van der Waals surface area (Å²) in [5, 5.41) is 13.5. The van der Waals surface area contributed by atoms with Gasteiger partial charge in [-0.1, -0.05) is 18.2 Å². The zero-order chi connectivity index (χ0) is 15.2. The average molecular weight is 288 g/mol. The van der Waals surface area contributed by atoms with Crippen molar-refractivity contribution >= 4 is 5.97 Å². The molecule has 5 heteroatoms. The first kappa shape index (κ1) is 15.1. The summed E-state index contributed by atoms with van der Waals surface area (Å²) in [5.74, 6) is -0.462. The van der Waals surface area contributed by atoms with E-state index in [9.17, 15) is 9.90 Å². The number of hydrogen-bond donors (Lipinski definition) is 1. The second-order valence-electron chi connectivity index (χ2n) is 5.11. The monoisotopic (exact) mass is 288 g/mol. The number of ether oxygens (including phenoxy) is 1. The van der Waals surface area contributed by atoms with E-state index in [0.29, 0.717) is 19.3 Å². The second-order valence-corrected chi connectivity index (χ2v) is 5.11. The van der Waals surface area contributed by atoms with Crippen LogP contribution in [0, 0.1) is 5.92 Å². The van der Waals surface area contributed by atoms with Gasteiger partial charge in [0.2, 0.25) is 0 Å². The molecule has 5 nitrogen and oxygen atoms in total. The third kappa shape index (κ3) is 4.08. The Kier molecular flexibility index (Phi) is 4.98. The van der Waals surface area contributed by atoms with Crippen molar-refractivity contribution in [3.8, 4) is 5.75 Å². The lowest BCUT2D eigenvalue weighted by Crippen LogP contribution is -2.17. The molecule has 0 spiro atoms. The minimum Gasteiger partial charge on any atom is -0.496 e. The molecule has 0 aliphatic carbocycles. The number of rotatable bonds is 7. The van der Waals surface area contributed by atoms with Crippen LogP contribution in [0.25, 0.3) is 0 Å². The third-order valence-electron chi connectivity index (χ3n) is 3.55. The van der Waals surface area contributed by atoms with Gasteiger partial charge in [-0.25, -0.2) is 0 Å². The summed E-state index contributed by atoms with van der Waals surface area (Å²) in [5.41, 5.74) is 1.99. The number of methoxy groups -OCH3 is 1. The highest BCUT2D eigenvalue weighted by Gasteiger charge is 2.19. The highest BCUT2D eigenvalue weighted by molar-refractivity contribution is 5.70. The van der Waals surface area contributed by atoms with Crippen LogP contribution in [0.3, 0.4) is 0 Å². The number of aromatic nitrogens is 2. The Balaban J connectivity index is 2.03. The van der Waals surface area contributed by atoms with Gasteiger partial charge in [0.25, 0.3) is 0 Å². The van der Waals surface area contributed by atoms with Crippen molar-refractivity contribution in [2.45, 2.75) is 19.3 Å². The van der Waals surface area contributed by atoms with Gasteiger partial charge in [-0.2, -0.15) is 5.10 Å². The Morgan fingerprint density at radius 1 is 1.43 bits per heavy atom. The maximum Gasteiger partial charge on any atom is 0.306 e. The first-order valence-corrected chi connectivity index (χ1v) is 6.92. The Hall–Kier alpha value is -2.30. The SMILES string of the molecule is COc1ccccc1CC(CCc1cnn(C)c1)C(=O)O. The predicted molar refractivity (Wildman–Crippen MR) is 79.4 cm³/mol. The first-order valence-electron chi connectivity index (χ1n) is 6.92. The minimum atomic E-state index is -0.773. The number of para-hydroxylation sites is 1. The molecule has 1 aromatic heterocycles. The van der Waals surface area contributed by atoms with Crippen molar-refractivity contribution in [1.29, 1.82) is 0 Å². The topological polar surface area (TPSA) is 64.4 Å². The Morgan fingerprint density at radius 2 is 2.19 bits per heavy atom. The lowest BCUT2D eigenvalue weighted by atomic mass is 9.93. The van der Waals surface area contributed by atoms with E-state index in [1.54, 1.807) is 18.0 Å². The number of aryl methyl sites for hydroxylation is 2. The molecule has 0 radical (unpaired) electrons. The number of carboxylic acid groups (broad SMARTS) is 1. The van der Waals surface area contributed by atoms with E-state index in [4.69, 9.17) is 4.74 Å². The Bertz CT molecular complexity index is 607. The number of nitrogens with zero attached hydrogens (tertiary/aromatic N) is 2. The summed E-state index contributed by atoms with van der Waals surface area (Å²) in [4.78, 5) is 11.5. The van der Waals surface area contributed by atoms with Crippen LogP contribution in [0.1, 0.15) is 17.5 Å². The number of aliphatic carboxylic acids is 1. The van der Waals surface area contributed by atoms with Gasteiger partial charge < -0.3 is 9.84 Å². The van der Waals surface area contributed by atoms with Crippen LogP contribution in [-0.2, 0) is 24.7 Å². The molecule has 1 aromatic carbocycles. The molecule has 0 fully saturated rings. The standard InChI is InChI=1S/C16H20N2O3/c1-18-11-12(10-17-18)7-8-14(16(19)20)9-13-5-3-4-6-15(13)21-2/h3-6,10-11,14H,7-9H2,1-2H3,(H,19,20). The third-order valence-corrected chi connectivity index (χ3v) is 3.55. The molecule has 0 aliphatic heterocycles. The van der Waals surface area contributed by atoms with Crippen LogP contribution in [-0.4, -0.2) is 28.0 Å². The molecule has 0 saturated heterocycles. The van der Waals surface area contributed by atoms with Gasteiger partial charge in [0.1, 0.15) is 5.75 Å². The largest absolute Gasteiger partial charge is 0.496 e. The van der Waals surface area contributed by atoms with Crippen LogP contribution in [0.2, 0.25) is 0 Å². The number of carboxylic acids is 1. The fourth-order valence-electron chi connectivity index (χ4n) is 2.39. The van der Waals surface area contributed by atoms with Crippen molar-refractivity contribution in [3.63, 3.8) is 0 Å². The van der Waals surface area contributed by atoms with Gasteiger partial charge in [0.05, 0.1) is 19.2 Å². The van der Waals surface area contributed by atoms with Gasteiger partial charge in [-0.3, -0.25) is 9.48 Å². The molecule has 1 heterocycles. The van der Waals surface area contributed by atoms with E-state index < -0.39 is 11.9 Å². The molecule has 1 N–H and O–H groups in total. The number of carbonyl (C=O) groups is 1. The van der Waals surface area contributed by atoms with Crippen molar-refractivity contribution < 1.29 is 14.6 Å². The molecule has 0 saturated carbocycles. The van der Waals surface area contributed by atoms with Crippen LogP contribution < -0.4 is 4.74 Å². The maximum absolute atomic E-state index is 11.5. The first-order chi connectivity index (χ1) is 10.1.